The highest BCUT2D eigenvalue weighted by molar-refractivity contribution is 5.97. The summed E-state index contributed by atoms with van der Waals surface area (Å²) in [5.41, 5.74) is 0.568. The molecule has 1 atom stereocenters. The second-order valence-corrected chi connectivity index (χ2v) is 5.76. The molecule has 1 aliphatic heterocycles. The molecule has 1 aromatic carbocycles. The van der Waals surface area contributed by atoms with Crippen LogP contribution in [-0.2, 0) is 4.74 Å². The number of para-hydroxylation sites is 1. The SMILES string of the molecule is CCO[C@H]1CCCN(C(=O)c2ccccc2Oc2cccnc2)C1. The third kappa shape index (κ3) is 3.92. The number of ether oxygens (including phenoxy) is 2. The Balaban J connectivity index is 1.77. The third-order valence-corrected chi connectivity index (χ3v) is 4.05. The highest BCUT2D eigenvalue weighted by Crippen LogP contribution is 2.27. The van der Waals surface area contributed by atoms with Crippen molar-refractivity contribution >= 4 is 5.91 Å². The molecule has 126 valence electrons. The first-order valence-electron chi connectivity index (χ1n) is 8.35. The Morgan fingerprint density at radius 1 is 1.29 bits per heavy atom. The lowest BCUT2D eigenvalue weighted by atomic mass is 10.1. The van der Waals surface area contributed by atoms with Crippen LogP contribution in [0.25, 0.3) is 0 Å². The van der Waals surface area contributed by atoms with Crippen LogP contribution < -0.4 is 4.74 Å². The monoisotopic (exact) mass is 326 g/mol. The van der Waals surface area contributed by atoms with Crippen molar-refractivity contribution in [1.29, 1.82) is 0 Å². The molecule has 2 aromatic rings. The van der Waals surface area contributed by atoms with Crippen molar-refractivity contribution in [3.8, 4) is 11.5 Å². The molecule has 1 fully saturated rings. The molecule has 1 amide bonds. The molecular formula is C19H22N2O3. The van der Waals surface area contributed by atoms with Gasteiger partial charge in [-0.05, 0) is 44.0 Å². The van der Waals surface area contributed by atoms with Crippen LogP contribution >= 0.6 is 0 Å². The Morgan fingerprint density at radius 3 is 2.96 bits per heavy atom. The van der Waals surface area contributed by atoms with Crippen LogP contribution in [0.3, 0.4) is 0 Å². The van der Waals surface area contributed by atoms with E-state index in [1.54, 1.807) is 24.5 Å². The van der Waals surface area contributed by atoms with Crippen molar-refractivity contribution in [3.05, 3.63) is 54.4 Å². The topological polar surface area (TPSA) is 51.7 Å². The highest BCUT2D eigenvalue weighted by Gasteiger charge is 2.26. The molecule has 1 aliphatic rings. The van der Waals surface area contributed by atoms with Crippen LogP contribution in [0.2, 0.25) is 0 Å². The largest absolute Gasteiger partial charge is 0.455 e. The predicted molar refractivity (Wildman–Crippen MR) is 91.3 cm³/mol. The van der Waals surface area contributed by atoms with E-state index in [4.69, 9.17) is 9.47 Å². The summed E-state index contributed by atoms with van der Waals surface area (Å²) in [5, 5.41) is 0. The lowest BCUT2D eigenvalue weighted by molar-refractivity contribution is 0.00716. The number of pyridine rings is 1. The number of carbonyl (C=O) groups is 1. The summed E-state index contributed by atoms with van der Waals surface area (Å²) in [4.78, 5) is 18.8. The Bertz CT molecular complexity index is 673. The van der Waals surface area contributed by atoms with Crippen LogP contribution in [-0.4, -0.2) is 41.6 Å². The normalized spacial score (nSPS) is 17.5. The molecular weight excluding hydrogens is 304 g/mol. The van der Waals surface area contributed by atoms with E-state index < -0.39 is 0 Å². The zero-order valence-electron chi connectivity index (χ0n) is 13.9. The summed E-state index contributed by atoms with van der Waals surface area (Å²) in [5.74, 6) is 1.15. The maximum atomic E-state index is 12.9. The van der Waals surface area contributed by atoms with Crippen molar-refractivity contribution in [2.24, 2.45) is 0 Å². The summed E-state index contributed by atoms with van der Waals surface area (Å²) >= 11 is 0. The summed E-state index contributed by atoms with van der Waals surface area (Å²) in [6, 6.07) is 11.0. The average molecular weight is 326 g/mol. The van der Waals surface area contributed by atoms with Crippen LogP contribution in [0.5, 0.6) is 11.5 Å². The predicted octanol–water partition coefficient (Wildman–Crippen LogP) is 3.52. The first-order chi connectivity index (χ1) is 11.8. The number of amides is 1. The van der Waals surface area contributed by atoms with Crippen LogP contribution in [0, 0.1) is 0 Å². The van der Waals surface area contributed by atoms with Gasteiger partial charge in [0.25, 0.3) is 5.91 Å². The molecule has 5 nitrogen and oxygen atoms in total. The van der Waals surface area contributed by atoms with E-state index in [0.29, 0.717) is 30.2 Å². The van der Waals surface area contributed by atoms with Gasteiger partial charge in [-0.15, -0.1) is 0 Å². The van der Waals surface area contributed by atoms with Gasteiger partial charge in [0.1, 0.15) is 11.5 Å². The van der Waals surface area contributed by atoms with Crippen molar-refractivity contribution < 1.29 is 14.3 Å². The standard InChI is InChI=1S/C19H22N2O3/c1-2-23-16-8-6-12-21(14-16)19(22)17-9-3-4-10-18(17)24-15-7-5-11-20-13-15/h3-5,7,9-11,13,16H,2,6,8,12,14H2,1H3/t16-/m0/s1. The summed E-state index contributed by atoms with van der Waals surface area (Å²) in [6.07, 6.45) is 5.41. The zero-order valence-corrected chi connectivity index (χ0v) is 13.9. The van der Waals surface area contributed by atoms with E-state index in [2.05, 4.69) is 4.98 Å². The number of aromatic nitrogens is 1. The van der Waals surface area contributed by atoms with Gasteiger partial charge in [-0.25, -0.2) is 0 Å². The quantitative estimate of drug-likeness (QED) is 0.843. The van der Waals surface area contributed by atoms with Crippen LogP contribution in [0.4, 0.5) is 0 Å². The molecule has 2 heterocycles. The number of rotatable bonds is 5. The van der Waals surface area contributed by atoms with E-state index in [1.807, 2.05) is 36.1 Å². The second kappa shape index (κ2) is 7.93. The molecule has 24 heavy (non-hydrogen) atoms. The second-order valence-electron chi connectivity index (χ2n) is 5.76. The number of hydrogen-bond acceptors (Lipinski definition) is 4. The summed E-state index contributed by atoms with van der Waals surface area (Å²) in [6.45, 7) is 4.04. The zero-order chi connectivity index (χ0) is 16.8. The lowest BCUT2D eigenvalue weighted by Gasteiger charge is -2.32. The van der Waals surface area contributed by atoms with Gasteiger partial charge in [0.05, 0.1) is 17.9 Å². The molecule has 0 saturated carbocycles. The number of piperidine rings is 1. The Hall–Kier alpha value is -2.40. The number of nitrogens with zero attached hydrogens (tertiary/aromatic N) is 2. The van der Waals surface area contributed by atoms with Crippen LogP contribution in [0.15, 0.2) is 48.8 Å². The smallest absolute Gasteiger partial charge is 0.257 e. The molecule has 3 rings (SSSR count). The van der Waals surface area contributed by atoms with Gasteiger partial charge < -0.3 is 14.4 Å². The summed E-state index contributed by atoms with van der Waals surface area (Å²) in [7, 11) is 0. The fourth-order valence-corrected chi connectivity index (χ4v) is 2.93. The first-order valence-corrected chi connectivity index (χ1v) is 8.35. The van der Waals surface area contributed by atoms with Crippen molar-refractivity contribution in [2.75, 3.05) is 19.7 Å². The number of likely N-dealkylation sites (tertiary alicyclic amines) is 1. The van der Waals surface area contributed by atoms with Gasteiger partial charge >= 0.3 is 0 Å². The number of hydrogen-bond donors (Lipinski definition) is 0. The fourth-order valence-electron chi connectivity index (χ4n) is 2.93. The van der Waals surface area contributed by atoms with E-state index in [9.17, 15) is 4.79 Å². The van der Waals surface area contributed by atoms with E-state index in [-0.39, 0.29) is 12.0 Å². The van der Waals surface area contributed by atoms with Gasteiger partial charge in [-0.3, -0.25) is 9.78 Å². The molecule has 0 radical (unpaired) electrons. The highest BCUT2D eigenvalue weighted by atomic mass is 16.5. The molecule has 5 heteroatoms. The van der Waals surface area contributed by atoms with E-state index in [0.717, 1.165) is 19.4 Å². The molecule has 1 aromatic heterocycles. The van der Waals surface area contributed by atoms with Gasteiger partial charge in [-0.1, -0.05) is 12.1 Å². The number of carbonyl (C=O) groups excluding carboxylic acids is 1. The lowest BCUT2D eigenvalue weighted by Crippen LogP contribution is -2.43. The van der Waals surface area contributed by atoms with Crippen molar-refractivity contribution in [2.45, 2.75) is 25.9 Å². The maximum absolute atomic E-state index is 12.9. The van der Waals surface area contributed by atoms with E-state index >= 15 is 0 Å². The Kier molecular flexibility index (Phi) is 5.43. The van der Waals surface area contributed by atoms with Gasteiger partial charge in [0.15, 0.2) is 0 Å². The van der Waals surface area contributed by atoms with Crippen molar-refractivity contribution in [1.82, 2.24) is 9.88 Å². The molecule has 0 spiro atoms. The van der Waals surface area contributed by atoms with Gasteiger partial charge in [-0.2, -0.15) is 0 Å². The average Bonchev–Trinajstić information content (AvgIpc) is 2.63. The fraction of sp³-hybridized carbons (Fsp3) is 0.368. The molecule has 0 unspecified atom stereocenters. The molecule has 0 N–H and O–H groups in total. The van der Waals surface area contributed by atoms with Crippen LogP contribution in [0.1, 0.15) is 30.1 Å². The van der Waals surface area contributed by atoms with Gasteiger partial charge in [0.2, 0.25) is 0 Å². The first kappa shape index (κ1) is 16.5. The minimum absolute atomic E-state index is 0.0149. The minimum atomic E-state index is -0.0149. The maximum Gasteiger partial charge on any atom is 0.257 e. The van der Waals surface area contributed by atoms with E-state index in [1.165, 1.54) is 0 Å². The Morgan fingerprint density at radius 2 is 2.17 bits per heavy atom. The number of benzene rings is 1. The third-order valence-electron chi connectivity index (χ3n) is 4.05. The summed E-state index contributed by atoms with van der Waals surface area (Å²) < 4.78 is 11.5. The van der Waals surface area contributed by atoms with Gasteiger partial charge in [0, 0.05) is 25.9 Å². The Labute approximate surface area is 142 Å². The molecule has 1 saturated heterocycles. The molecule has 0 aliphatic carbocycles. The minimum Gasteiger partial charge on any atom is -0.455 e. The molecule has 0 bridgehead atoms. The van der Waals surface area contributed by atoms with Crippen molar-refractivity contribution in [3.63, 3.8) is 0 Å².